The summed E-state index contributed by atoms with van der Waals surface area (Å²) in [5.41, 5.74) is -0.320. The third-order valence-corrected chi connectivity index (χ3v) is 3.05. The molecule has 0 atom stereocenters. The van der Waals surface area contributed by atoms with Gasteiger partial charge in [-0.25, -0.2) is 9.59 Å². The first-order valence-electron chi connectivity index (χ1n) is 6.37. The normalized spacial score (nSPS) is 19.1. The predicted molar refractivity (Wildman–Crippen MR) is 68.1 cm³/mol. The molecule has 1 fully saturated rings. The third-order valence-electron chi connectivity index (χ3n) is 3.05. The average Bonchev–Trinajstić information content (AvgIpc) is 2.60. The monoisotopic (exact) mass is 254 g/mol. The van der Waals surface area contributed by atoms with Crippen LogP contribution in [0.3, 0.4) is 0 Å². The van der Waals surface area contributed by atoms with Crippen molar-refractivity contribution in [2.75, 3.05) is 0 Å². The zero-order valence-electron chi connectivity index (χ0n) is 11.4. The van der Waals surface area contributed by atoms with Crippen molar-refractivity contribution in [3.63, 3.8) is 0 Å². The van der Waals surface area contributed by atoms with Gasteiger partial charge < -0.3 is 9.84 Å². The molecule has 0 aliphatic heterocycles. The quantitative estimate of drug-likeness (QED) is 0.619. The van der Waals surface area contributed by atoms with Crippen LogP contribution in [0.2, 0.25) is 0 Å². The smallest absolute Gasteiger partial charge is 0.331 e. The molecule has 0 unspecified atom stereocenters. The molecule has 1 N–H and O–H groups in total. The molecule has 0 aromatic carbocycles. The Morgan fingerprint density at radius 3 is 2.22 bits per heavy atom. The van der Waals surface area contributed by atoms with E-state index in [1.54, 1.807) is 0 Å². The predicted octanol–water partition coefficient (Wildman–Crippen LogP) is 2.92. The van der Waals surface area contributed by atoms with Gasteiger partial charge in [-0.05, 0) is 37.5 Å². The third kappa shape index (κ3) is 4.90. The van der Waals surface area contributed by atoms with Crippen LogP contribution in [0.15, 0.2) is 12.2 Å². The van der Waals surface area contributed by atoms with Crippen LogP contribution in [0.4, 0.5) is 0 Å². The molecule has 0 spiro atoms. The lowest BCUT2D eigenvalue weighted by molar-refractivity contribution is -0.156. The standard InChI is InChI=1S/C14H22O4/c1-13(2,3)10-14(8-4-5-9-14)18-12(17)7-6-11(15)16/h6-7H,4-5,8-10H2,1-3H3,(H,15,16). The van der Waals surface area contributed by atoms with Crippen molar-refractivity contribution < 1.29 is 19.4 Å². The number of ether oxygens (including phenoxy) is 1. The number of hydrogen-bond acceptors (Lipinski definition) is 3. The van der Waals surface area contributed by atoms with E-state index < -0.39 is 17.5 Å². The van der Waals surface area contributed by atoms with E-state index in [-0.39, 0.29) is 5.41 Å². The molecule has 0 bridgehead atoms. The van der Waals surface area contributed by atoms with Crippen LogP contribution in [0.1, 0.15) is 52.9 Å². The van der Waals surface area contributed by atoms with Crippen LogP contribution in [0.5, 0.6) is 0 Å². The number of carbonyl (C=O) groups excluding carboxylic acids is 1. The molecule has 0 saturated heterocycles. The summed E-state index contributed by atoms with van der Waals surface area (Å²) in [6.45, 7) is 6.36. The highest BCUT2D eigenvalue weighted by Gasteiger charge is 2.40. The second-order valence-electron chi connectivity index (χ2n) is 6.22. The van der Waals surface area contributed by atoms with Gasteiger partial charge in [-0.15, -0.1) is 0 Å². The second kappa shape index (κ2) is 5.55. The molecule has 0 radical (unpaired) electrons. The largest absolute Gasteiger partial charge is 0.478 e. The number of aliphatic carboxylic acids is 1. The fraction of sp³-hybridized carbons (Fsp3) is 0.714. The zero-order chi connectivity index (χ0) is 13.8. The number of esters is 1. The molecule has 1 aliphatic carbocycles. The average molecular weight is 254 g/mol. The van der Waals surface area contributed by atoms with Crippen molar-refractivity contribution >= 4 is 11.9 Å². The van der Waals surface area contributed by atoms with Crippen molar-refractivity contribution in [3.05, 3.63) is 12.2 Å². The molecule has 102 valence electrons. The minimum Gasteiger partial charge on any atom is -0.478 e. The Hall–Kier alpha value is -1.32. The van der Waals surface area contributed by atoms with E-state index in [1.807, 2.05) is 0 Å². The van der Waals surface area contributed by atoms with Gasteiger partial charge in [-0.2, -0.15) is 0 Å². The van der Waals surface area contributed by atoms with Crippen molar-refractivity contribution in [3.8, 4) is 0 Å². The van der Waals surface area contributed by atoms with Crippen molar-refractivity contribution in [1.82, 2.24) is 0 Å². The van der Waals surface area contributed by atoms with E-state index in [4.69, 9.17) is 9.84 Å². The fourth-order valence-corrected chi connectivity index (χ4v) is 2.69. The fourth-order valence-electron chi connectivity index (χ4n) is 2.69. The number of carboxylic acids is 1. The lowest BCUT2D eigenvalue weighted by Crippen LogP contribution is -2.35. The van der Waals surface area contributed by atoms with Crippen molar-refractivity contribution in [1.29, 1.82) is 0 Å². The van der Waals surface area contributed by atoms with E-state index >= 15 is 0 Å². The van der Waals surface area contributed by atoms with Crippen molar-refractivity contribution in [2.24, 2.45) is 5.41 Å². The van der Waals surface area contributed by atoms with E-state index in [0.29, 0.717) is 0 Å². The first kappa shape index (κ1) is 14.7. The number of rotatable bonds is 4. The summed E-state index contributed by atoms with van der Waals surface area (Å²) in [5, 5.41) is 8.48. The van der Waals surface area contributed by atoms with Gasteiger partial charge in [-0.1, -0.05) is 20.8 Å². The van der Waals surface area contributed by atoms with Crippen molar-refractivity contribution in [2.45, 2.75) is 58.5 Å². The molecule has 1 saturated carbocycles. The molecule has 1 rings (SSSR count). The summed E-state index contributed by atoms with van der Waals surface area (Å²) in [6.07, 6.45) is 6.49. The molecule has 0 aromatic heterocycles. The maximum absolute atomic E-state index is 11.6. The van der Waals surface area contributed by atoms with Crippen LogP contribution in [0.25, 0.3) is 0 Å². The molecule has 0 heterocycles. The van der Waals surface area contributed by atoms with Gasteiger partial charge in [-0.3, -0.25) is 0 Å². The number of hydrogen-bond donors (Lipinski definition) is 1. The van der Waals surface area contributed by atoms with Gasteiger partial charge in [0, 0.05) is 12.2 Å². The van der Waals surface area contributed by atoms with Gasteiger partial charge in [0.25, 0.3) is 0 Å². The molecule has 4 heteroatoms. The molecule has 4 nitrogen and oxygen atoms in total. The lowest BCUT2D eigenvalue weighted by Gasteiger charge is -2.34. The summed E-state index contributed by atoms with van der Waals surface area (Å²) in [4.78, 5) is 22.0. The maximum atomic E-state index is 11.6. The van der Waals surface area contributed by atoms with Crippen LogP contribution in [-0.4, -0.2) is 22.6 Å². The summed E-state index contributed by atoms with van der Waals surface area (Å²) >= 11 is 0. The van der Waals surface area contributed by atoms with E-state index in [1.165, 1.54) is 0 Å². The Balaban J connectivity index is 2.69. The van der Waals surface area contributed by atoms with E-state index in [2.05, 4.69) is 20.8 Å². The molecular formula is C14H22O4. The van der Waals surface area contributed by atoms with Gasteiger partial charge >= 0.3 is 11.9 Å². The number of carboxylic acid groups (broad SMARTS) is 1. The summed E-state index contributed by atoms with van der Waals surface area (Å²) in [6, 6.07) is 0. The molecule has 18 heavy (non-hydrogen) atoms. The molecule has 0 amide bonds. The lowest BCUT2D eigenvalue weighted by atomic mass is 9.81. The van der Waals surface area contributed by atoms with Crippen LogP contribution in [-0.2, 0) is 14.3 Å². The minimum atomic E-state index is -1.14. The minimum absolute atomic E-state index is 0.0845. The van der Waals surface area contributed by atoms with Gasteiger partial charge in [0.15, 0.2) is 0 Å². The van der Waals surface area contributed by atoms with Crippen LogP contribution < -0.4 is 0 Å². The second-order valence-corrected chi connectivity index (χ2v) is 6.22. The zero-order valence-corrected chi connectivity index (χ0v) is 11.4. The summed E-state index contributed by atoms with van der Waals surface area (Å²) in [7, 11) is 0. The molecule has 0 aromatic rings. The first-order valence-corrected chi connectivity index (χ1v) is 6.37. The van der Waals surface area contributed by atoms with Gasteiger partial charge in [0.05, 0.1) is 0 Å². The van der Waals surface area contributed by atoms with Crippen LogP contribution in [0, 0.1) is 5.41 Å². The Bertz CT molecular complexity index is 343. The summed E-state index contributed by atoms with van der Waals surface area (Å²) < 4.78 is 5.54. The Morgan fingerprint density at radius 1 is 1.22 bits per heavy atom. The SMILES string of the molecule is CC(C)(C)CC1(OC(=O)C=CC(=O)O)CCCC1. The highest BCUT2D eigenvalue weighted by atomic mass is 16.6. The summed E-state index contributed by atoms with van der Waals surface area (Å²) in [5.74, 6) is -1.69. The topological polar surface area (TPSA) is 63.6 Å². The molecular weight excluding hydrogens is 232 g/mol. The Morgan fingerprint density at radius 2 is 1.78 bits per heavy atom. The number of carbonyl (C=O) groups is 2. The van der Waals surface area contributed by atoms with E-state index in [0.717, 1.165) is 44.3 Å². The highest BCUT2D eigenvalue weighted by Crippen LogP contribution is 2.42. The first-order chi connectivity index (χ1) is 8.22. The van der Waals surface area contributed by atoms with E-state index in [9.17, 15) is 9.59 Å². The van der Waals surface area contributed by atoms with Gasteiger partial charge in [0.2, 0.25) is 0 Å². The Kier molecular flexibility index (Phi) is 4.54. The maximum Gasteiger partial charge on any atom is 0.331 e. The van der Waals surface area contributed by atoms with Crippen LogP contribution >= 0.6 is 0 Å². The van der Waals surface area contributed by atoms with Gasteiger partial charge in [0.1, 0.15) is 5.60 Å². The highest BCUT2D eigenvalue weighted by molar-refractivity contribution is 5.90. The Labute approximate surface area is 108 Å². The molecule has 1 aliphatic rings.